The first-order valence-electron chi connectivity index (χ1n) is 7.04. The van der Waals surface area contributed by atoms with E-state index in [4.69, 9.17) is 0 Å². The number of rotatable bonds is 6. The minimum absolute atomic E-state index is 0.0104. The number of Topliss-reactive ketones (excluding diaryl/α,β-unsaturated/α-hetero) is 1. The third kappa shape index (κ3) is 3.73. The molecule has 3 aromatic rings. The van der Waals surface area contributed by atoms with Crippen LogP contribution in [-0.2, 0) is 11.2 Å². The first-order valence-corrected chi connectivity index (χ1v) is 9.63. The minimum atomic E-state index is -0.255. The summed E-state index contributed by atoms with van der Waals surface area (Å²) in [6, 6.07) is 0.0899. The maximum atomic E-state index is 12.1. The van der Waals surface area contributed by atoms with Crippen LogP contribution in [0.2, 0.25) is 0 Å². The SMILES string of the molecule is CC(C)n1ncc2c(=O)[nH]c(SCC(=O)Cc3nnc(Br)s3)nc21. The van der Waals surface area contributed by atoms with Crippen molar-refractivity contribution in [1.29, 1.82) is 0 Å². The molecule has 0 bridgehead atoms. The number of thioether (sulfide) groups is 1. The van der Waals surface area contributed by atoms with Crippen molar-refractivity contribution < 1.29 is 4.79 Å². The maximum absolute atomic E-state index is 12.1. The molecule has 0 atom stereocenters. The zero-order chi connectivity index (χ0) is 17.3. The fourth-order valence-electron chi connectivity index (χ4n) is 2.04. The molecule has 11 heteroatoms. The minimum Gasteiger partial charge on any atom is -0.301 e. The number of fused-ring (bicyclic) bond motifs is 1. The molecule has 126 valence electrons. The summed E-state index contributed by atoms with van der Waals surface area (Å²) in [5.41, 5.74) is 0.270. The molecule has 0 aliphatic rings. The first kappa shape index (κ1) is 17.2. The number of H-pyrrole nitrogens is 1. The van der Waals surface area contributed by atoms with E-state index in [0.717, 1.165) is 0 Å². The number of hydrogen-bond acceptors (Lipinski definition) is 8. The number of nitrogens with zero attached hydrogens (tertiary/aromatic N) is 5. The van der Waals surface area contributed by atoms with Crippen molar-refractivity contribution in [3.8, 4) is 0 Å². The molecule has 0 saturated heterocycles. The predicted molar refractivity (Wildman–Crippen MR) is 95.6 cm³/mol. The number of aromatic amines is 1. The van der Waals surface area contributed by atoms with E-state index in [2.05, 4.69) is 41.2 Å². The van der Waals surface area contributed by atoms with Crippen LogP contribution in [0.25, 0.3) is 11.0 Å². The Kier molecular flexibility index (Phi) is 5.11. The number of nitrogens with one attached hydrogen (secondary N) is 1. The van der Waals surface area contributed by atoms with Crippen molar-refractivity contribution in [1.82, 2.24) is 29.9 Å². The Labute approximate surface area is 153 Å². The van der Waals surface area contributed by atoms with E-state index in [1.807, 2.05) is 13.8 Å². The van der Waals surface area contributed by atoms with E-state index in [1.54, 1.807) is 4.68 Å². The van der Waals surface area contributed by atoms with Gasteiger partial charge in [0.2, 0.25) is 0 Å². The molecule has 0 aliphatic heterocycles. The van der Waals surface area contributed by atoms with E-state index in [0.29, 0.717) is 25.1 Å². The lowest BCUT2D eigenvalue weighted by Gasteiger charge is -2.06. The molecule has 3 aromatic heterocycles. The fourth-order valence-corrected chi connectivity index (χ4v) is 3.98. The molecule has 0 aromatic carbocycles. The third-order valence-corrected chi connectivity index (χ3v) is 5.38. The van der Waals surface area contributed by atoms with E-state index < -0.39 is 0 Å². The van der Waals surface area contributed by atoms with Crippen molar-refractivity contribution in [2.45, 2.75) is 31.5 Å². The van der Waals surface area contributed by atoms with E-state index in [-0.39, 0.29) is 29.6 Å². The van der Waals surface area contributed by atoms with Crippen molar-refractivity contribution in [3.05, 3.63) is 25.5 Å². The summed E-state index contributed by atoms with van der Waals surface area (Å²) in [6.45, 7) is 3.93. The Morgan fingerprint density at radius 1 is 1.46 bits per heavy atom. The van der Waals surface area contributed by atoms with Gasteiger partial charge < -0.3 is 4.98 Å². The van der Waals surface area contributed by atoms with E-state index in [9.17, 15) is 9.59 Å². The summed E-state index contributed by atoms with van der Waals surface area (Å²) in [5.74, 6) is 0.185. The highest BCUT2D eigenvalue weighted by Crippen LogP contribution is 2.19. The second-order valence-corrected chi connectivity index (χ2v) is 8.55. The highest BCUT2D eigenvalue weighted by Gasteiger charge is 2.14. The lowest BCUT2D eigenvalue weighted by molar-refractivity contribution is -0.116. The molecule has 0 radical (unpaired) electrons. The zero-order valence-corrected chi connectivity index (χ0v) is 16.0. The summed E-state index contributed by atoms with van der Waals surface area (Å²) < 4.78 is 2.34. The lowest BCUT2D eigenvalue weighted by Crippen LogP contribution is -2.12. The smallest absolute Gasteiger partial charge is 0.262 e. The van der Waals surface area contributed by atoms with Crippen LogP contribution in [0.4, 0.5) is 0 Å². The molecule has 0 saturated carbocycles. The van der Waals surface area contributed by atoms with Crippen LogP contribution >= 0.6 is 39.0 Å². The summed E-state index contributed by atoms with van der Waals surface area (Å²) in [6.07, 6.45) is 1.72. The van der Waals surface area contributed by atoms with Crippen molar-refractivity contribution in [2.75, 3.05) is 5.75 Å². The van der Waals surface area contributed by atoms with Crippen LogP contribution in [0.5, 0.6) is 0 Å². The first-order chi connectivity index (χ1) is 11.4. The molecule has 24 heavy (non-hydrogen) atoms. The summed E-state index contributed by atoms with van der Waals surface area (Å²) in [4.78, 5) is 31.2. The summed E-state index contributed by atoms with van der Waals surface area (Å²) >= 11 is 5.74. The standard InChI is InChI=1S/C13H13BrN6O2S2/c1-6(2)20-10-8(4-15-20)11(22)17-13(16-10)23-5-7(21)3-9-18-19-12(14)24-9/h4,6H,3,5H2,1-2H3,(H,16,17,22). The molecule has 1 N–H and O–H groups in total. The van der Waals surface area contributed by atoms with Crippen molar-refractivity contribution in [3.63, 3.8) is 0 Å². The summed E-state index contributed by atoms with van der Waals surface area (Å²) in [7, 11) is 0. The van der Waals surface area contributed by atoms with Crippen LogP contribution in [-0.4, -0.2) is 41.5 Å². The monoisotopic (exact) mass is 428 g/mol. The zero-order valence-electron chi connectivity index (χ0n) is 12.8. The second kappa shape index (κ2) is 7.11. The number of aromatic nitrogens is 6. The van der Waals surface area contributed by atoms with Crippen LogP contribution in [0.3, 0.4) is 0 Å². The van der Waals surface area contributed by atoms with Crippen LogP contribution < -0.4 is 5.56 Å². The van der Waals surface area contributed by atoms with Crippen LogP contribution in [0.1, 0.15) is 24.9 Å². The lowest BCUT2D eigenvalue weighted by atomic mass is 10.3. The molecule has 0 aliphatic carbocycles. The molecule has 8 nitrogen and oxygen atoms in total. The van der Waals surface area contributed by atoms with Gasteiger partial charge in [-0.05, 0) is 29.8 Å². The number of carbonyl (C=O) groups excluding carboxylic acids is 1. The van der Waals surface area contributed by atoms with E-state index >= 15 is 0 Å². The number of hydrogen-bond donors (Lipinski definition) is 1. The van der Waals surface area contributed by atoms with Gasteiger partial charge >= 0.3 is 0 Å². The third-order valence-electron chi connectivity index (χ3n) is 3.09. The number of carbonyl (C=O) groups is 1. The molecule has 0 spiro atoms. The summed E-state index contributed by atoms with van der Waals surface area (Å²) in [5, 5.41) is 13.4. The van der Waals surface area contributed by atoms with Crippen LogP contribution in [0.15, 0.2) is 20.1 Å². The molecule has 0 amide bonds. The molecular formula is C13H13BrN6O2S2. The highest BCUT2D eigenvalue weighted by molar-refractivity contribution is 9.11. The van der Waals surface area contributed by atoms with Crippen molar-refractivity contribution >= 4 is 55.8 Å². The Morgan fingerprint density at radius 2 is 2.25 bits per heavy atom. The average Bonchev–Trinajstić information content (AvgIpc) is 3.11. The molecular weight excluding hydrogens is 416 g/mol. The highest BCUT2D eigenvalue weighted by atomic mass is 79.9. The van der Waals surface area contributed by atoms with Gasteiger partial charge in [0.1, 0.15) is 16.2 Å². The van der Waals surface area contributed by atoms with Crippen molar-refractivity contribution in [2.24, 2.45) is 0 Å². The van der Waals surface area contributed by atoms with Gasteiger partial charge in [0.15, 0.2) is 14.7 Å². The van der Waals surface area contributed by atoms with Crippen LogP contribution in [0, 0.1) is 0 Å². The van der Waals surface area contributed by atoms with Gasteiger partial charge in [0, 0.05) is 6.04 Å². The predicted octanol–water partition coefficient (Wildman–Crippen LogP) is 2.22. The van der Waals surface area contributed by atoms with Gasteiger partial charge in [0.25, 0.3) is 5.56 Å². The Bertz CT molecular complexity index is 947. The molecule has 0 unspecified atom stereocenters. The second-order valence-electron chi connectivity index (χ2n) is 5.24. The Balaban J connectivity index is 1.74. The number of halogens is 1. The quantitative estimate of drug-likeness (QED) is 0.473. The maximum Gasteiger partial charge on any atom is 0.262 e. The Hall–Kier alpha value is -1.59. The van der Waals surface area contributed by atoms with Gasteiger partial charge in [-0.1, -0.05) is 23.1 Å². The molecule has 3 heterocycles. The Morgan fingerprint density at radius 3 is 2.92 bits per heavy atom. The molecule has 3 rings (SSSR count). The average molecular weight is 429 g/mol. The van der Waals surface area contributed by atoms with Gasteiger partial charge in [-0.15, -0.1) is 10.2 Å². The van der Waals surface area contributed by atoms with Gasteiger partial charge in [0.05, 0.1) is 18.4 Å². The fraction of sp³-hybridized carbons (Fsp3) is 0.385. The molecule has 0 fully saturated rings. The van der Waals surface area contributed by atoms with Gasteiger partial charge in [-0.2, -0.15) is 5.10 Å². The number of ketones is 1. The normalized spacial score (nSPS) is 11.5. The largest absolute Gasteiger partial charge is 0.301 e. The topological polar surface area (TPSA) is 106 Å². The van der Waals surface area contributed by atoms with E-state index in [1.165, 1.54) is 29.3 Å². The van der Waals surface area contributed by atoms with Gasteiger partial charge in [-0.3, -0.25) is 9.59 Å². The van der Waals surface area contributed by atoms with Gasteiger partial charge in [-0.25, -0.2) is 9.67 Å².